The first-order valence-electron chi connectivity index (χ1n) is 19.5. The van der Waals surface area contributed by atoms with Crippen LogP contribution >= 0.6 is 0 Å². The number of rotatable bonds is 7. The molecule has 9 aromatic carbocycles. The Kier molecular flexibility index (Phi) is 7.82. The van der Waals surface area contributed by atoms with Gasteiger partial charge in [0.1, 0.15) is 0 Å². The number of nitrogens with zero attached hydrogens (tertiary/aromatic N) is 3. The van der Waals surface area contributed by atoms with E-state index < -0.39 is 0 Å². The zero-order valence-corrected chi connectivity index (χ0v) is 31.2. The van der Waals surface area contributed by atoms with Crippen molar-refractivity contribution in [1.82, 2.24) is 9.13 Å². The minimum atomic E-state index is 1.09. The van der Waals surface area contributed by atoms with Crippen LogP contribution in [0.4, 0.5) is 17.1 Å². The summed E-state index contributed by atoms with van der Waals surface area (Å²) >= 11 is 0. The lowest BCUT2D eigenvalue weighted by molar-refractivity contribution is 1.16. The van der Waals surface area contributed by atoms with Crippen molar-refractivity contribution in [3.63, 3.8) is 0 Å². The standard InChI is InChI=1S/C54H37N3/c1-4-15-38(16-5-1)40-27-31-43(32-28-40)56-50-24-12-10-21-46(50)48-36-35-45(37-53(48)56)55(42-19-8-3-9-20-42)52-26-14-23-49-47-22-11-13-25-51(47)57(54(49)52)44-33-29-41(30-34-44)39-17-6-2-7-18-39/h1-37H. The van der Waals surface area contributed by atoms with Crippen molar-refractivity contribution in [2.75, 3.05) is 4.90 Å². The van der Waals surface area contributed by atoms with Crippen LogP contribution in [0.3, 0.4) is 0 Å². The lowest BCUT2D eigenvalue weighted by Gasteiger charge is -2.27. The highest BCUT2D eigenvalue weighted by molar-refractivity contribution is 6.15. The van der Waals surface area contributed by atoms with E-state index in [1.807, 2.05) is 0 Å². The topological polar surface area (TPSA) is 13.1 Å². The molecular formula is C54H37N3. The highest BCUT2D eigenvalue weighted by Gasteiger charge is 2.23. The van der Waals surface area contributed by atoms with Gasteiger partial charge in [0.05, 0.1) is 27.8 Å². The number of anilines is 3. The average Bonchev–Trinajstić information content (AvgIpc) is 3.81. The zero-order valence-electron chi connectivity index (χ0n) is 31.2. The smallest absolute Gasteiger partial charge is 0.0782 e. The van der Waals surface area contributed by atoms with Gasteiger partial charge in [-0.25, -0.2) is 0 Å². The molecule has 0 aliphatic heterocycles. The number of hydrogen-bond donors (Lipinski definition) is 0. The molecular weight excluding hydrogens is 691 g/mol. The zero-order chi connectivity index (χ0) is 37.7. The third-order valence-corrected chi connectivity index (χ3v) is 11.3. The number of benzene rings is 9. The van der Waals surface area contributed by atoms with Crippen LogP contribution in [0, 0.1) is 0 Å². The van der Waals surface area contributed by atoms with E-state index in [4.69, 9.17) is 0 Å². The maximum absolute atomic E-state index is 2.44. The molecule has 0 amide bonds. The van der Waals surface area contributed by atoms with Gasteiger partial charge in [-0.3, -0.25) is 0 Å². The summed E-state index contributed by atoms with van der Waals surface area (Å²) in [4.78, 5) is 2.43. The number of aromatic nitrogens is 2. The van der Waals surface area contributed by atoms with Gasteiger partial charge in [0.15, 0.2) is 0 Å². The summed E-state index contributed by atoms with van der Waals surface area (Å²) < 4.78 is 4.85. The van der Waals surface area contributed by atoms with E-state index >= 15 is 0 Å². The predicted octanol–water partition coefficient (Wildman–Crippen LogP) is 14.7. The largest absolute Gasteiger partial charge is 0.309 e. The number of para-hydroxylation sites is 4. The van der Waals surface area contributed by atoms with Gasteiger partial charge in [0, 0.05) is 44.3 Å². The molecule has 3 heteroatoms. The van der Waals surface area contributed by atoms with Gasteiger partial charge in [-0.2, -0.15) is 0 Å². The summed E-state index contributed by atoms with van der Waals surface area (Å²) in [5, 5.41) is 4.90. The third-order valence-electron chi connectivity index (χ3n) is 11.3. The Balaban J connectivity index is 1.14. The van der Waals surface area contributed by atoms with Crippen LogP contribution in [-0.2, 0) is 0 Å². The van der Waals surface area contributed by atoms with Gasteiger partial charge in [-0.1, -0.05) is 158 Å². The summed E-state index contributed by atoms with van der Waals surface area (Å²) in [5.41, 5.74) is 15.0. The Morgan fingerprint density at radius 1 is 0.281 bits per heavy atom. The molecule has 11 rings (SSSR count). The third kappa shape index (κ3) is 5.51. The first kappa shape index (κ1) is 32.8. The van der Waals surface area contributed by atoms with E-state index in [1.165, 1.54) is 54.8 Å². The molecule has 0 radical (unpaired) electrons. The maximum Gasteiger partial charge on any atom is 0.0782 e. The van der Waals surface area contributed by atoms with Crippen molar-refractivity contribution in [3.05, 3.63) is 224 Å². The first-order valence-corrected chi connectivity index (χ1v) is 19.5. The SMILES string of the molecule is c1ccc(-c2ccc(-n3c4ccccc4c4ccc(N(c5ccccc5)c5cccc6c7ccccc7n(-c7ccc(-c8ccccc8)cc7)c56)cc43)cc2)cc1. The molecule has 0 bridgehead atoms. The molecule has 11 aromatic rings. The molecule has 57 heavy (non-hydrogen) atoms. The summed E-state index contributed by atoms with van der Waals surface area (Å²) in [6, 6.07) is 81.1. The molecule has 0 aliphatic carbocycles. The van der Waals surface area contributed by atoms with Gasteiger partial charge in [-0.15, -0.1) is 0 Å². The molecule has 0 unspecified atom stereocenters. The van der Waals surface area contributed by atoms with E-state index in [1.54, 1.807) is 0 Å². The Morgan fingerprint density at radius 3 is 1.35 bits per heavy atom. The highest BCUT2D eigenvalue weighted by Crippen LogP contribution is 2.45. The van der Waals surface area contributed by atoms with E-state index in [0.29, 0.717) is 0 Å². The average molecular weight is 728 g/mol. The lowest BCUT2D eigenvalue weighted by atomic mass is 10.1. The van der Waals surface area contributed by atoms with Crippen LogP contribution in [0.15, 0.2) is 224 Å². The van der Waals surface area contributed by atoms with E-state index in [9.17, 15) is 0 Å². The Hall–Kier alpha value is -7.62. The molecule has 0 aliphatic rings. The minimum Gasteiger partial charge on any atom is -0.309 e. The molecule has 0 saturated heterocycles. The maximum atomic E-state index is 2.44. The monoisotopic (exact) mass is 727 g/mol. The second-order valence-corrected chi connectivity index (χ2v) is 14.6. The second-order valence-electron chi connectivity index (χ2n) is 14.6. The summed E-state index contributed by atoms with van der Waals surface area (Å²) in [7, 11) is 0. The van der Waals surface area contributed by atoms with E-state index in [0.717, 1.165) is 39.5 Å². The molecule has 0 N–H and O–H groups in total. The van der Waals surface area contributed by atoms with Crippen LogP contribution in [0.2, 0.25) is 0 Å². The molecule has 2 aromatic heterocycles. The summed E-state index contributed by atoms with van der Waals surface area (Å²) in [6.07, 6.45) is 0. The van der Waals surface area contributed by atoms with Crippen molar-refractivity contribution in [2.24, 2.45) is 0 Å². The van der Waals surface area contributed by atoms with E-state index in [2.05, 4.69) is 238 Å². The van der Waals surface area contributed by atoms with Gasteiger partial charge >= 0.3 is 0 Å². The molecule has 2 heterocycles. The Labute approximate surface area is 331 Å². The van der Waals surface area contributed by atoms with Gasteiger partial charge in [0.25, 0.3) is 0 Å². The first-order chi connectivity index (χ1) is 28.3. The number of hydrogen-bond acceptors (Lipinski definition) is 1. The summed E-state index contributed by atoms with van der Waals surface area (Å²) in [5.74, 6) is 0. The van der Waals surface area contributed by atoms with Crippen molar-refractivity contribution < 1.29 is 0 Å². The van der Waals surface area contributed by atoms with E-state index in [-0.39, 0.29) is 0 Å². The fourth-order valence-corrected chi connectivity index (χ4v) is 8.70. The Bertz CT molecular complexity index is 3200. The van der Waals surface area contributed by atoms with Gasteiger partial charge in [-0.05, 0) is 89.0 Å². The van der Waals surface area contributed by atoms with Crippen molar-refractivity contribution in [2.45, 2.75) is 0 Å². The second kappa shape index (κ2) is 13.6. The highest BCUT2D eigenvalue weighted by atomic mass is 15.2. The predicted molar refractivity (Wildman–Crippen MR) is 241 cm³/mol. The van der Waals surface area contributed by atoms with Crippen LogP contribution in [-0.4, -0.2) is 9.13 Å². The molecule has 0 saturated carbocycles. The van der Waals surface area contributed by atoms with Gasteiger partial charge < -0.3 is 14.0 Å². The van der Waals surface area contributed by atoms with Crippen molar-refractivity contribution >= 4 is 60.7 Å². The fourth-order valence-electron chi connectivity index (χ4n) is 8.70. The van der Waals surface area contributed by atoms with Crippen molar-refractivity contribution in [3.8, 4) is 33.6 Å². The molecule has 0 spiro atoms. The van der Waals surface area contributed by atoms with Crippen molar-refractivity contribution in [1.29, 1.82) is 0 Å². The minimum absolute atomic E-state index is 1.09. The normalized spacial score (nSPS) is 11.5. The molecule has 268 valence electrons. The molecule has 3 nitrogen and oxygen atoms in total. The fraction of sp³-hybridized carbons (Fsp3) is 0. The van der Waals surface area contributed by atoms with Gasteiger partial charge in [0.2, 0.25) is 0 Å². The van der Waals surface area contributed by atoms with Crippen LogP contribution < -0.4 is 4.90 Å². The molecule has 0 fully saturated rings. The van der Waals surface area contributed by atoms with Crippen LogP contribution in [0.5, 0.6) is 0 Å². The quantitative estimate of drug-likeness (QED) is 0.159. The lowest BCUT2D eigenvalue weighted by Crippen LogP contribution is -2.11. The molecule has 0 atom stereocenters. The van der Waals surface area contributed by atoms with Crippen LogP contribution in [0.25, 0.3) is 77.2 Å². The number of fused-ring (bicyclic) bond motifs is 6. The Morgan fingerprint density at radius 2 is 0.737 bits per heavy atom. The summed E-state index contributed by atoms with van der Waals surface area (Å²) in [6.45, 7) is 0. The van der Waals surface area contributed by atoms with Crippen LogP contribution in [0.1, 0.15) is 0 Å².